The minimum Gasteiger partial charge on any atom is -0.464 e. The molecule has 0 bridgehead atoms. The molecule has 1 heterocycles. The number of carbonyl (C=O) groups excluding carboxylic acids is 3. The first-order valence-electron chi connectivity index (χ1n) is 12.1. The third-order valence-corrected chi connectivity index (χ3v) is 5.78. The molecule has 2 N–H and O–H groups in total. The van der Waals surface area contributed by atoms with Gasteiger partial charge in [0.25, 0.3) is 0 Å². The Hall–Kier alpha value is -4.63. The Morgan fingerprint density at radius 1 is 0.816 bits per heavy atom. The molecule has 1 aromatic heterocycles. The van der Waals surface area contributed by atoms with E-state index in [-0.39, 0.29) is 25.5 Å². The van der Waals surface area contributed by atoms with Gasteiger partial charge >= 0.3 is 18.2 Å². The molecule has 0 saturated heterocycles. The maximum atomic E-state index is 13.3. The minimum atomic E-state index is -1.83. The zero-order valence-corrected chi connectivity index (χ0v) is 20.8. The molecule has 4 aromatic rings. The molecular weight excluding hydrogens is 488 g/mol. The summed E-state index contributed by atoms with van der Waals surface area (Å²) in [7, 11) is 0. The number of hydrogen-bond donors (Lipinski definition) is 2. The number of carbonyl (C=O) groups is 3. The molecule has 1 amide bonds. The molecule has 38 heavy (non-hydrogen) atoms. The van der Waals surface area contributed by atoms with E-state index < -0.39 is 30.3 Å². The Bertz CT molecular complexity index is 1390. The molecular formula is C29H28N2O7. The largest absolute Gasteiger partial charge is 0.464 e. The third kappa shape index (κ3) is 6.37. The molecule has 0 unspecified atom stereocenters. The highest BCUT2D eigenvalue weighted by atomic mass is 16.6. The number of nitrogens with zero attached hydrogens (tertiary/aromatic N) is 1. The molecule has 0 radical (unpaired) electrons. The van der Waals surface area contributed by atoms with Crippen molar-refractivity contribution >= 4 is 29.1 Å². The average Bonchev–Trinajstić information content (AvgIpc) is 3.34. The van der Waals surface area contributed by atoms with Gasteiger partial charge in [-0.1, -0.05) is 78.9 Å². The first-order chi connectivity index (χ1) is 18.5. The fourth-order valence-electron chi connectivity index (χ4n) is 3.96. The van der Waals surface area contributed by atoms with Gasteiger partial charge in [-0.05, 0) is 30.2 Å². The SMILES string of the molecule is CCOC(=O)[C@H](O)[C@@H](NC(=O)OCc1ccccc1)c1cc2ccccc2n1C(=O)OCc1ccccc1. The van der Waals surface area contributed by atoms with Crippen LogP contribution in [-0.4, -0.2) is 40.5 Å². The van der Waals surface area contributed by atoms with Gasteiger partial charge in [-0.2, -0.15) is 0 Å². The molecule has 0 saturated carbocycles. The summed E-state index contributed by atoms with van der Waals surface area (Å²) in [6, 6.07) is 25.4. The van der Waals surface area contributed by atoms with E-state index in [1.54, 1.807) is 49.4 Å². The Morgan fingerprint density at radius 3 is 2.03 bits per heavy atom. The molecule has 9 nitrogen and oxygen atoms in total. The third-order valence-electron chi connectivity index (χ3n) is 5.78. The van der Waals surface area contributed by atoms with E-state index in [1.807, 2.05) is 48.5 Å². The van der Waals surface area contributed by atoms with Crippen molar-refractivity contribution in [3.8, 4) is 0 Å². The number of esters is 1. The van der Waals surface area contributed by atoms with Crippen LogP contribution in [0.4, 0.5) is 9.59 Å². The van der Waals surface area contributed by atoms with Crippen molar-refractivity contribution in [3.05, 3.63) is 108 Å². The topological polar surface area (TPSA) is 116 Å². The number of rotatable bonds is 9. The fraction of sp³-hybridized carbons (Fsp3) is 0.207. The Labute approximate surface area is 219 Å². The highest BCUT2D eigenvalue weighted by Gasteiger charge is 2.35. The monoisotopic (exact) mass is 516 g/mol. The molecule has 0 aliphatic carbocycles. The summed E-state index contributed by atoms with van der Waals surface area (Å²) in [6.07, 6.45) is -3.47. The number of aliphatic hydroxyl groups excluding tert-OH is 1. The van der Waals surface area contributed by atoms with Crippen LogP contribution >= 0.6 is 0 Å². The van der Waals surface area contributed by atoms with Crippen LogP contribution in [0.3, 0.4) is 0 Å². The number of fused-ring (bicyclic) bond motifs is 1. The molecule has 0 spiro atoms. The number of aromatic nitrogens is 1. The van der Waals surface area contributed by atoms with E-state index in [0.717, 1.165) is 11.1 Å². The van der Waals surface area contributed by atoms with E-state index in [9.17, 15) is 19.5 Å². The molecule has 3 aromatic carbocycles. The van der Waals surface area contributed by atoms with Crippen molar-refractivity contribution in [2.75, 3.05) is 6.61 Å². The number of aliphatic hydroxyl groups is 1. The van der Waals surface area contributed by atoms with Crippen LogP contribution in [0.1, 0.15) is 29.8 Å². The predicted octanol–water partition coefficient (Wildman–Crippen LogP) is 4.72. The van der Waals surface area contributed by atoms with Crippen molar-refractivity contribution in [3.63, 3.8) is 0 Å². The number of para-hydroxylation sites is 1. The first kappa shape index (κ1) is 26.4. The maximum Gasteiger partial charge on any atom is 0.419 e. The lowest BCUT2D eigenvalue weighted by Crippen LogP contribution is -2.42. The summed E-state index contributed by atoms with van der Waals surface area (Å²) in [5.74, 6) is -0.963. The lowest BCUT2D eigenvalue weighted by molar-refractivity contribution is -0.154. The van der Waals surface area contributed by atoms with Gasteiger partial charge < -0.3 is 24.6 Å². The van der Waals surface area contributed by atoms with Crippen LogP contribution in [0.25, 0.3) is 10.9 Å². The second kappa shape index (κ2) is 12.6. The number of ether oxygens (including phenoxy) is 3. The van der Waals surface area contributed by atoms with Crippen LogP contribution < -0.4 is 5.32 Å². The summed E-state index contributed by atoms with van der Waals surface area (Å²) in [6.45, 7) is 1.59. The van der Waals surface area contributed by atoms with Gasteiger partial charge in [0.2, 0.25) is 0 Å². The van der Waals surface area contributed by atoms with Crippen molar-refractivity contribution in [1.82, 2.24) is 9.88 Å². The summed E-state index contributed by atoms with van der Waals surface area (Å²) >= 11 is 0. The average molecular weight is 517 g/mol. The highest BCUT2D eigenvalue weighted by molar-refractivity contribution is 5.91. The second-order valence-corrected chi connectivity index (χ2v) is 8.38. The van der Waals surface area contributed by atoms with Crippen LogP contribution in [-0.2, 0) is 32.2 Å². The molecule has 4 rings (SSSR count). The van der Waals surface area contributed by atoms with Crippen LogP contribution in [0.5, 0.6) is 0 Å². The second-order valence-electron chi connectivity index (χ2n) is 8.38. The maximum absolute atomic E-state index is 13.3. The molecule has 0 aliphatic rings. The van der Waals surface area contributed by atoms with Gasteiger partial charge in [0.15, 0.2) is 6.10 Å². The van der Waals surface area contributed by atoms with Gasteiger partial charge in [-0.3, -0.25) is 0 Å². The smallest absolute Gasteiger partial charge is 0.419 e. The zero-order chi connectivity index (χ0) is 26.9. The Balaban J connectivity index is 1.65. The molecule has 2 atom stereocenters. The lowest BCUT2D eigenvalue weighted by atomic mass is 10.1. The summed E-state index contributed by atoms with van der Waals surface area (Å²) in [5.41, 5.74) is 2.14. The number of amides is 1. The van der Waals surface area contributed by atoms with Crippen LogP contribution in [0.15, 0.2) is 91.0 Å². The van der Waals surface area contributed by atoms with Crippen LogP contribution in [0, 0.1) is 0 Å². The standard InChI is InChI=1S/C29H28N2O7/c1-2-36-27(33)26(32)25(30-28(34)37-18-20-11-5-3-6-12-20)24-17-22-15-9-10-16-23(22)31(24)29(35)38-19-21-13-7-4-8-14-21/h3-17,25-26,32H,2,18-19H2,1H3,(H,30,34)/t25-,26+/m0/s1. The van der Waals surface area contributed by atoms with Gasteiger partial charge in [-0.25, -0.2) is 19.0 Å². The molecule has 0 fully saturated rings. The summed E-state index contributed by atoms with van der Waals surface area (Å²) in [4.78, 5) is 38.6. The number of nitrogens with one attached hydrogen (secondary N) is 1. The van der Waals surface area contributed by atoms with E-state index >= 15 is 0 Å². The minimum absolute atomic E-state index is 0.00324. The van der Waals surface area contributed by atoms with E-state index in [1.165, 1.54) is 4.57 Å². The normalized spacial score (nSPS) is 12.4. The zero-order valence-electron chi connectivity index (χ0n) is 20.8. The van der Waals surface area contributed by atoms with E-state index in [0.29, 0.717) is 10.9 Å². The highest BCUT2D eigenvalue weighted by Crippen LogP contribution is 2.28. The number of benzene rings is 3. The van der Waals surface area contributed by atoms with Gasteiger partial charge in [0.05, 0.1) is 17.8 Å². The first-order valence-corrected chi connectivity index (χ1v) is 12.1. The van der Waals surface area contributed by atoms with Gasteiger partial charge in [0.1, 0.15) is 19.3 Å². The van der Waals surface area contributed by atoms with Crippen LogP contribution in [0.2, 0.25) is 0 Å². The summed E-state index contributed by atoms with van der Waals surface area (Å²) in [5, 5.41) is 14.1. The summed E-state index contributed by atoms with van der Waals surface area (Å²) < 4.78 is 17.1. The molecule has 0 aliphatic heterocycles. The molecule has 9 heteroatoms. The van der Waals surface area contributed by atoms with Crippen molar-refractivity contribution in [2.45, 2.75) is 32.3 Å². The lowest BCUT2D eigenvalue weighted by Gasteiger charge is -2.24. The van der Waals surface area contributed by atoms with Crippen molar-refractivity contribution in [1.29, 1.82) is 0 Å². The predicted molar refractivity (Wildman–Crippen MR) is 139 cm³/mol. The van der Waals surface area contributed by atoms with E-state index in [4.69, 9.17) is 14.2 Å². The molecule has 196 valence electrons. The van der Waals surface area contributed by atoms with Crippen molar-refractivity contribution in [2.24, 2.45) is 0 Å². The fourth-order valence-corrected chi connectivity index (χ4v) is 3.96. The van der Waals surface area contributed by atoms with Crippen molar-refractivity contribution < 1.29 is 33.7 Å². The number of hydrogen-bond acceptors (Lipinski definition) is 7. The Kier molecular flexibility index (Phi) is 8.73. The quantitative estimate of drug-likeness (QED) is 0.244. The van der Waals surface area contributed by atoms with Gasteiger partial charge in [0, 0.05) is 5.39 Å². The number of alkyl carbamates (subject to hydrolysis) is 1. The Morgan fingerprint density at radius 2 is 1.39 bits per heavy atom. The van der Waals surface area contributed by atoms with Gasteiger partial charge in [-0.15, -0.1) is 0 Å². The van der Waals surface area contributed by atoms with E-state index in [2.05, 4.69) is 5.32 Å².